The van der Waals surface area contributed by atoms with Gasteiger partial charge in [0.25, 0.3) is 5.91 Å². The Labute approximate surface area is 172 Å². The summed E-state index contributed by atoms with van der Waals surface area (Å²) in [7, 11) is -3.78. The normalized spacial score (nSPS) is 12.3. The smallest absolute Gasteiger partial charge is 0.253 e. The molecule has 0 aliphatic heterocycles. The summed E-state index contributed by atoms with van der Waals surface area (Å²) in [4.78, 5) is 25.3. The molecule has 1 atom stereocenters. The van der Waals surface area contributed by atoms with Crippen molar-refractivity contribution in [2.45, 2.75) is 38.6 Å². The summed E-state index contributed by atoms with van der Waals surface area (Å²) in [6.45, 7) is 8.10. The van der Waals surface area contributed by atoms with Gasteiger partial charge in [0.05, 0.1) is 4.90 Å². The maximum atomic E-state index is 12.7. The van der Waals surface area contributed by atoms with E-state index in [-0.39, 0.29) is 16.7 Å². The lowest BCUT2D eigenvalue weighted by atomic mass is 10.1. The lowest BCUT2D eigenvalue weighted by Crippen LogP contribution is -2.30. The number of amides is 2. The highest BCUT2D eigenvalue weighted by molar-refractivity contribution is 7.89. The molecule has 7 nitrogen and oxygen atoms in total. The first kappa shape index (κ1) is 22.6. The molecule has 2 amide bonds. The molecular weight excluding hydrogens is 390 g/mol. The van der Waals surface area contributed by atoms with Crippen LogP contribution >= 0.6 is 0 Å². The van der Waals surface area contributed by atoms with E-state index < -0.39 is 16.1 Å². The van der Waals surface area contributed by atoms with Crippen LogP contribution in [0.1, 0.15) is 49.7 Å². The Hall–Kier alpha value is -2.71. The van der Waals surface area contributed by atoms with Gasteiger partial charge in [0, 0.05) is 37.3 Å². The molecule has 2 aromatic carbocycles. The molecular formula is C21H27N3O4S. The second kappa shape index (κ2) is 9.67. The summed E-state index contributed by atoms with van der Waals surface area (Å²) < 4.78 is 28.1. The van der Waals surface area contributed by atoms with E-state index in [2.05, 4.69) is 10.0 Å². The van der Waals surface area contributed by atoms with E-state index in [1.807, 2.05) is 13.8 Å². The summed E-state index contributed by atoms with van der Waals surface area (Å²) in [6, 6.07) is 12.4. The number of hydrogen-bond acceptors (Lipinski definition) is 4. The van der Waals surface area contributed by atoms with Crippen molar-refractivity contribution in [3.05, 3.63) is 59.7 Å². The van der Waals surface area contributed by atoms with Crippen LogP contribution in [0.4, 0.5) is 5.69 Å². The monoisotopic (exact) mass is 417 g/mol. The zero-order chi connectivity index (χ0) is 21.6. The summed E-state index contributed by atoms with van der Waals surface area (Å²) in [5, 5.41) is 2.68. The number of carbonyl (C=O) groups excluding carboxylic acids is 2. The van der Waals surface area contributed by atoms with E-state index in [0.29, 0.717) is 29.9 Å². The molecule has 29 heavy (non-hydrogen) atoms. The molecule has 0 saturated carbocycles. The first-order valence-corrected chi connectivity index (χ1v) is 11.0. The van der Waals surface area contributed by atoms with Gasteiger partial charge >= 0.3 is 0 Å². The topological polar surface area (TPSA) is 95.6 Å². The highest BCUT2D eigenvalue weighted by Gasteiger charge is 2.20. The third-order valence-corrected chi connectivity index (χ3v) is 6.06. The van der Waals surface area contributed by atoms with Crippen LogP contribution in [-0.4, -0.2) is 38.2 Å². The van der Waals surface area contributed by atoms with Crippen LogP contribution in [0.5, 0.6) is 0 Å². The number of rotatable bonds is 8. The van der Waals surface area contributed by atoms with Crippen LogP contribution in [0.3, 0.4) is 0 Å². The minimum Gasteiger partial charge on any atom is -0.339 e. The molecule has 8 heteroatoms. The van der Waals surface area contributed by atoms with Gasteiger partial charge in [-0.1, -0.05) is 12.1 Å². The number of hydrogen-bond donors (Lipinski definition) is 2. The largest absolute Gasteiger partial charge is 0.339 e. The summed E-state index contributed by atoms with van der Waals surface area (Å²) in [6.07, 6.45) is 0. The third kappa shape index (κ3) is 5.88. The number of benzene rings is 2. The van der Waals surface area contributed by atoms with Crippen LogP contribution in [0, 0.1) is 0 Å². The van der Waals surface area contributed by atoms with E-state index >= 15 is 0 Å². The number of sulfonamides is 1. The van der Waals surface area contributed by atoms with Gasteiger partial charge in [0.1, 0.15) is 0 Å². The predicted molar refractivity (Wildman–Crippen MR) is 113 cm³/mol. The zero-order valence-corrected chi connectivity index (χ0v) is 17.9. The van der Waals surface area contributed by atoms with E-state index in [4.69, 9.17) is 0 Å². The number of nitrogens with zero attached hydrogens (tertiary/aromatic N) is 1. The van der Waals surface area contributed by atoms with Crippen molar-refractivity contribution in [3.63, 3.8) is 0 Å². The SMILES string of the molecule is CCN(CC)C(=O)c1ccc(S(=O)(=O)NC(C)c2cccc(NC(C)=O)c2)cc1. The molecule has 0 spiro atoms. The van der Waals surface area contributed by atoms with Crippen LogP contribution in [0.25, 0.3) is 0 Å². The van der Waals surface area contributed by atoms with Gasteiger partial charge in [-0.3, -0.25) is 9.59 Å². The van der Waals surface area contributed by atoms with Crippen molar-refractivity contribution in [1.82, 2.24) is 9.62 Å². The highest BCUT2D eigenvalue weighted by atomic mass is 32.2. The van der Waals surface area contributed by atoms with Crippen molar-refractivity contribution in [3.8, 4) is 0 Å². The van der Waals surface area contributed by atoms with Crippen molar-refractivity contribution < 1.29 is 18.0 Å². The Bertz CT molecular complexity index is 968. The standard InChI is InChI=1S/C21H27N3O4S/c1-5-24(6-2)21(26)17-10-12-20(13-11-17)29(27,28)23-15(3)18-8-7-9-19(14-18)22-16(4)25/h7-15,23H,5-6H2,1-4H3,(H,22,25). The van der Waals surface area contributed by atoms with Gasteiger partial charge in [-0.25, -0.2) is 13.1 Å². The summed E-state index contributed by atoms with van der Waals surface area (Å²) in [5.74, 6) is -0.329. The molecule has 1 unspecified atom stereocenters. The van der Waals surface area contributed by atoms with Crippen LogP contribution < -0.4 is 10.0 Å². The Morgan fingerprint density at radius 3 is 2.21 bits per heavy atom. The number of nitrogens with one attached hydrogen (secondary N) is 2. The first-order chi connectivity index (χ1) is 13.7. The molecule has 2 N–H and O–H groups in total. The van der Waals surface area contributed by atoms with Gasteiger partial charge in [-0.2, -0.15) is 0 Å². The Kier molecular flexibility index (Phi) is 7.53. The van der Waals surface area contributed by atoms with E-state index in [9.17, 15) is 18.0 Å². The average Bonchev–Trinajstić information content (AvgIpc) is 2.68. The second-order valence-electron chi connectivity index (χ2n) is 6.65. The van der Waals surface area contributed by atoms with E-state index in [1.165, 1.54) is 31.2 Å². The summed E-state index contributed by atoms with van der Waals surface area (Å²) >= 11 is 0. The lowest BCUT2D eigenvalue weighted by molar-refractivity contribution is -0.114. The van der Waals surface area contributed by atoms with Gasteiger partial charge in [0.2, 0.25) is 15.9 Å². The van der Waals surface area contributed by atoms with Gasteiger partial charge < -0.3 is 10.2 Å². The van der Waals surface area contributed by atoms with E-state index in [0.717, 1.165) is 0 Å². The lowest BCUT2D eigenvalue weighted by Gasteiger charge is -2.19. The quantitative estimate of drug-likeness (QED) is 0.690. The van der Waals surface area contributed by atoms with Gasteiger partial charge in [-0.05, 0) is 62.7 Å². The molecule has 0 radical (unpaired) electrons. The fourth-order valence-electron chi connectivity index (χ4n) is 2.93. The van der Waals surface area contributed by atoms with Crippen LogP contribution in [-0.2, 0) is 14.8 Å². The van der Waals surface area contributed by atoms with Crippen molar-refractivity contribution >= 4 is 27.5 Å². The van der Waals surface area contributed by atoms with Crippen molar-refractivity contribution in [2.24, 2.45) is 0 Å². The van der Waals surface area contributed by atoms with Gasteiger partial charge in [0.15, 0.2) is 0 Å². The molecule has 0 aliphatic carbocycles. The van der Waals surface area contributed by atoms with Crippen molar-refractivity contribution in [2.75, 3.05) is 18.4 Å². The van der Waals surface area contributed by atoms with Crippen molar-refractivity contribution in [1.29, 1.82) is 0 Å². The molecule has 0 saturated heterocycles. The maximum Gasteiger partial charge on any atom is 0.253 e. The maximum absolute atomic E-state index is 12.7. The zero-order valence-electron chi connectivity index (χ0n) is 17.1. The van der Waals surface area contributed by atoms with E-state index in [1.54, 1.807) is 36.1 Å². The fraction of sp³-hybridized carbons (Fsp3) is 0.333. The molecule has 2 aromatic rings. The molecule has 0 bridgehead atoms. The Morgan fingerprint density at radius 2 is 1.66 bits per heavy atom. The molecule has 0 aromatic heterocycles. The van der Waals surface area contributed by atoms with Crippen LogP contribution in [0.15, 0.2) is 53.4 Å². The minimum absolute atomic E-state index is 0.0819. The fourth-order valence-corrected chi connectivity index (χ4v) is 4.16. The third-order valence-electron chi connectivity index (χ3n) is 4.50. The molecule has 2 rings (SSSR count). The Balaban J connectivity index is 2.16. The Morgan fingerprint density at radius 1 is 1.03 bits per heavy atom. The van der Waals surface area contributed by atoms with Gasteiger partial charge in [-0.15, -0.1) is 0 Å². The predicted octanol–water partition coefficient (Wildman–Crippen LogP) is 3.17. The molecule has 0 fully saturated rings. The first-order valence-electron chi connectivity index (χ1n) is 9.47. The average molecular weight is 418 g/mol. The molecule has 0 heterocycles. The number of carbonyl (C=O) groups is 2. The highest BCUT2D eigenvalue weighted by Crippen LogP contribution is 2.20. The second-order valence-corrected chi connectivity index (χ2v) is 8.37. The number of anilines is 1. The molecule has 0 aliphatic rings. The van der Waals surface area contributed by atoms with Crippen LogP contribution in [0.2, 0.25) is 0 Å². The molecule has 156 valence electrons. The minimum atomic E-state index is -3.78. The summed E-state index contributed by atoms with van der Waals surface area (Å²) in [5.41, 5.74) is 1.76.